The van der Waals surface area contributed by atoms with Crippen LogP contribution in [0.5, 0.6) is 0 Å². The minimum absolute atomic E-state index is 0.237. The lowest BCUT2D eigenvalue weighted by atomic mass is 9.94. The third-order valence-corrected chi connectivity index (χ3v) is 3.21. The van der Waals surface area contributed by atoms with Crippen LogP contribution in [0.4, 0.5) is 0 Å². The van der Waals surface area contributed by atoms with Gasteiger partial charge >= 0.3 is 0 Å². The van der Waals surface area contributed by atoms with Crippen molar-refractivity contribution in [1.82, 2.24) is 5.32 Å². The van der Waals surface area contributed by atoms with Crippen molar-refractivity contribution in [3.63, 3.8) is 0 Å². The summed E-state index contributed by atoms with van der Waals surface area (Å²) in [6.07, 6.45) is 6.17. The van der Waals surface area contributed by atoms with E-state index in [0.717, 1.165) is 38.9 Å². The number of unbranched alkanes of at least 4 members (excludes halogenated alkanes) is 1. The van der Waals surface area contributed by atoms with Gasteiger partial charge in [-0.15, -0.1) is 0 Å². The van der Waals surface area contributed by atoms with Crippen LogP contribution in [0.25, 0.3) is 0 Å². The molecule has 17 heavy (non-hydrogen) atoms. The summed E-state index contributed by atoms with van der Waals surface area (Å²) in [6, 6.07) is 0.504. The Bertz CT molecular complexity index is 242. The predicted octanol–water partition coefficient (Wildman–Crippen LogP) is 1.58. The minimum Gasteiger partial charge on any atom is -0.381 e. The first-order chi connectivity index (χ1) is 8.08. The molecule has 100 valence electrons. The summed E-state index contributed by atoms with van der Waals surface area (Å²) in [6.45, 7) is 5.63. The molecular weight excluding hydrogens is 216 g/mol. The molecule has 0 aromatic rings. The fraction of sp³-hybridized carbons (Fsp3) is 0.923. The van der Waals surface area contributed by atoms with Crippen LogP contribution in [0.2, 0.25) is 0 Å². The quantitative estimate of drug-likeness (QED) is 0.572. The van der Waals surface area contributed by atoms with E-state index in [1.54, 1.807) is 0 Å². The minimum atomic E-state index is -0.536. The molecule has 0 aliphatic heterocycles. The van der Waals surface area contributed by atoms with Crippen LogP contribution in [0.15, 0.2) is 0 Å². The Morgan fingerprint density at radius 1 is 1.41 bits per heavy atom. The van der Waals surface area contributed by atoms with E-state index in [2.05, 4.69) is 12.2 Å². The molecule has 0 saturated heterocycles. The molecule has 1 rings (SSSR count). The predicted molar refractivity (Wildman–Crippen MR) is 68.7 cm³/mol. The molecule has 0 bridgehead atoms. The molecule has 1 aliphatic carbocycles. The Morgan fingerprint density at radius 3 is 2.65 bits per heavy atom. The van der Waals surface area contributed by atoms with E-state index < -0.39 is 5.54 Å². The summed E-state index contributed by atoms with van der Waals surface area (Å²) in [5.74, 6) is -0.237. The lowest BCUT2D eigenvalue weighted by Gasteiger charge is -2.27. The van der Waals surface area contributed by atoms with Crippen LogP contribution in [0.1, 0.15) is 52.4 Å². The van der Waals surface area contributed by atoms with E-state index in [1.807, 2.05) is 6.92 Å². The molecule has 0 heterocycles. The summed E-state index contributed by atoms with van der Waals surface area (Å²) in [4.78, 5) is 11.5. The largest absolute Gasteiger partial charge is 0.381 e. The molecular formula is C13H26N2O2. The van der Waals surface area contributed by atoms with Crippen LogP contribution < -0.4 is 11.1 Å². The smallest absolute Gasteiger partial charge is 0.237 e. The third kappa shape index (κ3) is 5.50. The van der Waals surface area contributed by atoms with Gasteiger partial charge in [-0.05, 0) is 45.4 Å². The number of carbonyl (C=O) groups is 1. The van der Waals surface area contributed by atoms with E-state index in [1.165, 1.54) is 12.8 Å². The van der Waals surface area contributed by atoms with Crippen molar-refractivity contribution >= 4 is 5.91 Å². The van der Waals surface area contributed by atoms with Crippen molar-refractivity contribution in [3.8, 4) is 0 Å². The summed E-state index contributed by atoms with van der Waals surface area (Å²) >= 11 is 0. The van der Waals surface area contributed by atoms with Crippen molar-refractivity contribution in [2.75, 3.05) is 13.2 Å². The van der Waals surface area contributed by atoms with Gasteiger partial charge in [0.1, 0.15) is 0 Å². The summed E-state index contributed by atoms with van der Waals surface area (Å²) < 4.78 is 5.41. The van der Waals surface area contributed by atoms with Gasteiger partial charge in [0.25, 0.3) is 0 Å². The second-order valence-electron chi connectivity index (χ2n) is 5.18. The lowest BCUT2D eigenvalue weighted by molar-refractivity contribution is -0.124. The molecule has 0 aromatic heterocycles. The monoisotopic (exact) mass is 242 g/mol. The van der Waals surface area contributed by atoms with Crippen LogP contribution in [0, 0.1) is 0 Å². The molecule has 1 atom stereocenters. The number of amides is 1. The highest BCUT2D eigenvalue weighted by Crippen LogP contribution is 2.25. The topological polar surface area (TPSA) is 64.3 Å². The van der Waals surface area contributed by atoms with E-state index in [-0.39, 0.29) is 5.91 Å². The highest BCUT2D eigenvalue weighted by molar-refractivity contribution is 5.84. The summed E-state index contributed by atoms with van der Waals surface area (Å²) in [5.41, 5.74) is 4.94. The number of rotatable bonds is 10. The molecule has 1 unspecified atom stereocenters. The standard InChI is InChI=1S/C13H26N2O2/c1-3-9-17-10-5-4-8-13(2,12(14)16)15-11-6-7-11/h11,15H,3-10H2,1-2H3,(H2,14,16). The Balaban J connectivity index is 2.17. The highest BCUT2D eigenvalue weighted by atomic mass is 16.5. The highest BCUT2D eigenvalue weighted by Gasteiger charge is 2.36. The fourth-order valence-electron chi connectivity index (χ4n) is 1.87. The van der Waals surface area contributed by atoms with Gasteiger partial charge in [-0.3, -0.25) is 4.79 Å². The van der Waals surface area contributed by atoms with Crippen LogP contribution >= 0.6 is 0 Å². The maximum Gasteiger partial charge on any atom is 0.237 e. The van der Waals surface area contributed by atoms with E-state index in [9.17, 15) is 4.79 Å². The molecule has 0 aromatic carbocycles. The van der Waals surface area contributed by atoms with Crippen LogP contribution in [0.3, 0.4) is 0 Å². The molecule has 4 heteroatoms. The first-order valence-electron chi connectivity index (χ1n) is 6.74. The first-order valence-corrected chi connectivity index (χ1v) is 6.74. The van der Waals surface area contributed by atoms with Crippen molar-refractivity contribution < 1.29 is 9.53 Å². The molecule has 1 saturated carbocycles. The van der Waals surface area contributed by atoms with Crippen molar-refractivity contribution in [1.29, 1.82) is 0 Å². The van der Waals surface area contributed by atoms with Crippen molar-refractivity contribution in [2.24, 2.45) is 5.73 Å². The van der Waals surface area contributed by atoms with E-state index in [0.29, 0.717) is 6.04 Å². The molecule has 3 N–H and O–H groups in total. The maximum atomic E-state index is 11.5. The number of carbonyl (C=O) groups excluding carboxylic acids is 1. The molecule has 1 fully saturated rings. The first kappa shape index (κ1) is 14.5. The zero-order valence-electron chi connectivity index (χ0n) is 11.1. The number of hydrogen-bond acceptors (Lipinski definition) is 3. The van der Waals surface area contributed by atoms with Gasteiger partial charge in [0.15, 0.2) is 0 Å². The summed E-state index contributed by atoms with van der Waals surface area (Å²) in [7, 11) is 0. The van der Waals surface area contributed by atoms with Gasteiger partial charge in [0.05, 0.1) is 5.54 Å². The van der Waals surface area contributed by atoms with Crippen LogP contribution in [-0.4, -0.2) is 30.7 Å². The van der Waals surface area contributed by atoms with Gasteiger partial charge in [-0.25, -0.2) is 0 Å². The molecule has 1 aliphatic rings. The normalized spacial score (nSPS) is 18.9. The molecule has 4 nitrogen and oxygen atoms in total. The average molecular weight is 242 g/mol. The Kier molecular flexibility index (Phi) is 5.92. The maximum absolute atomic E-state index is 11.5. The number of nitrogens with two attached hydrogens (primary N) is 1. The number of primary amides is 1. The average Bonchev–Trinajstić information content (AvgIpc) is 3.07. The molecule has 0 spiro atoms. The SMILES string of the molecule is CCCOCCCCC(C)(NC1CC1)C(N)=O. The van der Waals surface area contributed by atoms with Gasteiger partial charge in [0, 0.05) is 19.3 Å². The Labute approximate surface area is 104 Å². The zero-order valence-corrected chi connectivity index (χ0v) is 11.1. The van der Waals surface area contributed by atoms with Gasteiger partial charge in [-0.1, -0.05) is 6.92 Å². The Hall–Kier alpha value is -0.610. The number of ether oxygens (including phenoxy) is 1. The van der Waals surface area contributed by atoms with Crippen molar-refractivity contribution in [2.45, 2.75) is 64.0 Å². The summed E-state index contributed by atoms with van der Waals surface area (Å²) in [5, 5.41) is 3.35. The second-order valence-corrected chi connectivity index (χ2v) is 5.18. The van der Waals surface area contributed by atoms with Gasteiger partial charge in [0.2, 0.25) is 5.91 Å². The molecule has 0 radical (unpaired) electrons. The second kappa shape index (κ2) is 6.97. The molecule has 1 amide bonds. The fourth-order valence-corrected chi connectivity index (χ4v) is 1.87. The van der Waals surface area contributed by atoms with Crippen molar-refractivity contribution in [3.05, 3.63) is 0 Å². The number of nitrogens with one attached hydrogen (secondary N) is 1. The van der Waals surface area contributed by atoms with Gasteiger partial charge < -0.3 is 15.8 Å². The van der Waals surface area contributed by atoms with Gasteiger partial charge in [-0.2, -0.15) is 0 Å². The van der Waals surface area contributed by atoms with E-state index >= 15 is 0 Å². The zero-order chi connectivity index (χ0) is 12.7. The lowest BCUT2D eigenvalue weighted by Crippen LogP contribution is -2.53. The Morgan fingerprint density at radius 2 is 2.12 bits per heavy atom. The number of hydrogen-bond donors (Lipinski definition) is 2. The van der Waals surface area contributed by atoms with Crippen LogP contribution in [-0.2, 0) is 9.53 Å². The van der Waals surface area contributed by atoms with E-state index in [4.69, 9.17) is 10.5 Å². The third-order valence-electron chi connectivity index (χ3n) is 3.21.